The number of rotatable bonds is 1. The van der Waals surface area contributed by atoms with E-state index in [-0.39, 0.29) is 5.75 Å². The van der Waals surface area contributed by atoms with Crippen LogP contribution in [0.2, 0.25) is 5.02 Å². The first-order chi connectivity index (χ1) is 8.90. The van der Waals surface area contributed by atoms with E-state index < -0.39 is 0 Å². The third-order valence-corrected chi connectivity index (χ3v) is 4.46. The number of halogens is 1. The van der Waals surface area contributed by atoms with E-state index in [0.717, 1.165) is 19.5 Å². The summed E-state index contributed by atoms with van der Waals surface area (Å²) in [5.74, 6) is 0.534. The molecule has 1 atom stereocenters. The van der Waals surface area contributed by atoms with E-state index in [0.29, 0.717) is 10.9 Å². The van der Waals surface area contributed by atoms with Crippen LogP contribution in [0.3, 0.4) is 0 Å². The maximum atomic E-state index is 9.91. The van der Waals surface area contributed by atoms with Crippen molar-refractivity contribution in [3.8, 4) is 5.75 Å². The molecule has 0 amide bonds. The molecule has 1 heterocycles. The summed E-state index contributed by atoms with van der Waals surface area (Å²) >= 11 is 6.05. The van der Waals surface area contributed by atoms with Gasteiger partial charge in [-0.25, -0.2) is 0 Å². The molecule has 0 saturated heterocycles. The average Bonchev–Trinajstić information content (AvgIpc) is 2.50. The van der Waals surface area contributed by atoms with Crippen LogP contribution in [0.4, 0.5) is 0 Å². The van der Waals surface area contributed by atoms with E-state index in [9.17, 15) is 5.11 Å². The van der Waals surface area contributed by atoms with Gasteiger partial charge in [0.25, 0.3) is 0 Å². The van der Waals surface area contributed by atoms with Gasteiger partial charge >= 0.3 is 0 Å². The van der Waals surface area contributed by atoms with Crippen LogP contribution in [0, 0.1) is 0 Å². The van der Waals surface area contributed by atoms with Gasteiger partial charge < -0.3 is 10.0 Å². The second kappa shape index (κ2) is 5.56. The standard InChI is InChI=1S/C16H22ClNO/c1-10(2)11(3)14-9-18(4)6-5-12-7-15(17)16(19)8-13(12)14/h7-8,14,19H,5-6,9H2,1-4H3/t14-/m1/s1. The molecular weight excluding hydrogens is 258 g/mol. The molecule has 0 bridgehead atoms. The van der Waals surface area contributed by atoms with Gasteiger partial charge in [-0.1, -0.05) is 22.7 Å². The molecule has 1 aliphatic heterocycles. The van der Waals surface area contributed by atoms with Gasteiger partial charge in [0.05, 0.1) is 5.02 Å². The first-order valence-corrected chi connectivity index (χ1v) is 7.11. The largest absolute Gasteiger partial charge is 0.506 e. The zero-order valence-corrected chi connectivity index (χ0v) is 12.9. The lowest BCUT2D eigenvalue weighted by atomic mass is 9.86. The van der Waals surface area contributed by atoms with Gasteiger partial charge in [-0.05, 0) is 57.5 Å². The smallest absolute Gasteiger partial charge is 0.134 e. The molecule has 0 unspecified atom stereocenters. The topological polar surface area (TPSA) is 23.5 Å². The van der Waals surface area contributed by atoms with E-state index in [4.69, 9.17) is 11.6 Å². The number of nitrogens with zero attached hydrogens (tertiary/aromatic N) is 1. The van der Waals surface area contributed by atoms with Crippen molar-refractivity contribution in [2.45, 2.75) is 33.1 Å². The normalized spacial score (nSPS) is 19.7. The Hall–Kier alpha value is -0.990. The van der Waals surface area contributed by atoms with Crippen LogP contribution >= 0.6 is 11.6 Å². The number of benzene rings is 1. The Morgan fingerprint density at radius 2 is 2.00 bits per heavy atom. The first kappa shape index (κ1) is 14.4. The van der Waals surface area contributed by atoms with Crippen LogP contribution < -0.4 is 0 Å². The Bertz CT molecular complexity index is 518. The molecule has 0 aromatic heterocycles. The third-order valence-electron chi connectivity index (χ3n) is 4.15. The summed E-state index contributed by atoms with van der Waals surface area (Å²) in [5, 5.41) is 10.4. The van der Waals surface area contributed by atoms with Crippen molar-refractivity contribution < 1.29 is 5.11 Å². The van der Waals surface area contributed by atoms with Crippen LogP contribution in [0.15, 0.2) is 23.3 Å². The van der Waals surface area contributed by atoms with Crippen molar-refractivity contribution in [2.24, 2.45) is 0 Å². The van der Waals surface area contributed by atoms with Crippen LogP contribution in [0.1, 0.15) is 37.8 Å². The molecule has 1 N–H and O–H groups in total. The monoisotopic (exact) mass is 279 g/mol. The summed E-state index contributed by atoms with van der Waals surface area (Å²) in [6.45, 7) is 8.51. The number of likely N-dealkylation sites (N-methyl/N-ethyl adjacent to an activating group) is 1. The second-order valence-electron chi connectivity index (χ2n) is 5.75. The number of hydrogen-bond donors (Lipinski definition) is 1. The van der Waals surface area contributed by atoms with Crippen LogP contribution in [-0.4, -0.2) is 30.1 Å². The summed E-state index contributed by atoms with van der Waals surface area (Å²) in [5.41, 5.74) is 5.22. The summed E-state index contributed by atoms with van der Waals surface area (Å²) in [6, 6.07) is 3.78. The van der Waals surface area contributed by atoms with Crippen LogP contribution in [0.25, 0.3) is 0 Å². The van der Waals surface area contributed by atoms with Crippen molar-refractivity contribution >= 4 is 11.6 Å². The quantitative estimate of drug-likeness (QED) is 0.786. The SMILES string of the molecule is CC(C)=C(C)[C@H]1CN(C)CCc2cc(Cl)c(O)cc21. The second-order valence-corrected chi connectivity index (χ2v) is 6.16. The van der Waals surface area contributed by atoms with Gasteiger partial charge in [-0.15, -0.1) is 0 Å². The minimum absolute atomic E-state index is 0.191. The van der Waals surface area contributed by atoms with E-state index in [1.54, 1.807) is 0 Å². The summed E-state index contributed by atoms with van der Waals surface area (Å²) < 4.78 is 0. The number of aromatic hydroxyl groups is 1. The van der Waals surface area contributed by atoms with Crippen molar-refractivity contribution in [1.82, 2.24) is 4.90 Å². The molecule has 1 aromatic carbocycles. The number of fused-ring (bicyclic) bond motifs is 1. The Morgan fingerprint density at radius 3 is 2.63 bits per heavy atom. The number of hydrogen-bond acceptors (Lipinski definition) is 2. The number of allylic oxidation sites excluding steroid dienone is 1. The molecule has 3 heteroatoms. The Morgan fingerprint density at radius 1 is 1.32 bits per heavy atom. The maximum absolute atomic E-state index is 9.91. The molecule has 1 aliphatic rings. The van der Waals surface area contributed by atoms with Gasteiger partial charge in [-0.3, -0.25) is 0 Å². The molecular formula is C16H22ClNO. The first-order valence-electron chi connectivity index (χ1n) is 6.74. The molecule has 1 aromatic rings. The minimum Gasteiger partial charge on any atom is -0.506 e. The summed E-state index contributed by atoms with van der Waals surface area (Å²) in [7, 11) is 2.15. The van der Waals surface area contributed by atoms with Crippen molar-refractivity contribution in [1.29, 1.82) is 0 Å². The lowest BCUT2D eigenvalue weighted by Crippen LogP contribution is -2.24. The summed E-state index contributed by atoms with van der Waals surface area (Å²) in [4.78, 5) is 2.35. The molecule has 0 saturated carbocycles. The van der Waals surface area contributed by atoms with E-state index in [1.165, 1.54) is 22.3 Å². The van der Waals surface area contributed by atoms with Crippen LogP contribution in [-0.2, 0) is 6.42 Å². The van der Waals surface area contributed by atoms with Gasteiger partial charge in [-0.2, -0.15) is 0 Å². The van der Waals surface area contributed by atoms with E-state index >= 15 is 0 Å². The zero-order valence-electron chi connectivity index (χ0n) is 12.1. The molecule has 0 radical (unpaired) electrons. The Balaban J connectivity index is 2.56. The maximum Gasteiger partial charge on any atom is 0.134 e. The van der Waals surface area contributed by atoms with Crippen molar-refractivity contribution in [3.63, 3.8) is 0 Å². The Labute approximate surface area is 120 Å². The molecule has 0 fully saturated rings. The van der Waals surface area contributed by atoms with E-state index in [2.05, 4.69) is 32.7 Å². The fourth-order valence-electron chi connectivity index (χ4n) is 2.69. The lowest BCUT2D eigenvalue weighted by molar-refractivity contribution is 0.336. The molecule has 19 heavy (non-hydrogen) atoms. The number of phenols is 1. The molecule has 0 spiro atoms. The average molecular weight is 280 g/mol. The molecule has 2 nitrogen and oxygen atoms in total. The zero-order chi connectivity index (χ0) is 14.2. The predicted octanol–water partition coefficient (Wildman–Crippen LogP) is 3.97. The highest BCUT2D eigenvalue weighted by molar-refractivity contribution is 6.32. The Kier molecular flexibility index (Phi) is 4.22. The molecule has 0 aliphatic carbocycles. The highest BCUT2D eigenvalue weighted by Crippen LogP contribution is 2.37. The minimum atomic E-state index is 0.191. The van der Waals surface area contributed by atoms with Gasteiger partial charge in [0.1, 0.15) is 5.75 Å². The van der Waals surface area contributed by atoms with Crippen molar-refractivity contribution in [3.05, 3.63) is 39.4 Å². The number of phenolic OH excluding ortho intramolecular Hbond substituents is 1. The predicted molar refractivity (Wildman–Crippen MR) is 81.1 cm³/mol. The highest BCUT2D eigenvalue weighted by atomic mass is 35.5. The van der Waals surface area contributed by atoms with E-state index in [1.807, 2.05) is 12.1 Å². The lowest BCUT2D eigenvalue weighted by Gasteiger charge is -2.23. The molecule has 104 valence electrons. The fraction of sp³-hybridized carbons (Fsp3) is 0.500. The van der Waals surface area contributed by atoms with Crippen LogP contribution in [0.5, 0.6) is 5.75 Å². The van der Waals surface area contributed by atoms with Gasteiger partial charge in [0.15, 0.2) is 0 Å². The third kappa shape index (κ3) is 2.96. The van der Waals surface area contributed by atoms with Crippen molar-refractivity contribution in [2.75, 3.05) is 20.1 Å². The van der Waals surface area contributed by atoms with Gasteiger partial charge in [0.2, 0.25) is 0 Å². The van der Waals surface area contributed by atoms with Gasteiger partial charge in [0, 0.05) is 19.0 Å². The summed E-state index contributed by atoms with van der Waals surface area (Å²) in [6.07, 6.45) is 0.984. The fourth-order valence-corrected chi connectivity index (χ4v) is 2.88. The molecule has 2 rings (SSSR count). The highest BCUT2D eigenvalue weighted by Gasteiger charge is 2.24.